The maximum atomic E-state index is 12.9. The Kier molecular flexibility index (Phi) is 7.57. The number of para-hydroxylation sites is 1. The molecule has 0 spiro atoms. The summed E-state index contributed by atoms with van der Waals surface area (Å²) >= 11 is 5.55. The number of thiocarbonyl (C=S) groups is 1. The highest BCUT2D eigenvalue weighted by atomic mass is 32.2. The molecule has 0 aliphatic carbocycles. The molecule has 1 amide bonds. The van der Waals surface area contributed by atoms with Crippen LogP contribution in [0.5, 0.6) is 11.5 Å². The van der Waals surface area contributed by atoms with E-state index in [1.54, 1.807) is 36.4 Å². The summed E-state index contributed by atoms with van der Waals surface area (Å²) in [5, 5.41) is 7.07. The summed E-state index contributed by atoms with van der Waals surface area (Å²) in [6.45, 7) is 1.63. The number of nitrogens with one attached hydrogen (secondary N) is 1. The Balaban J connectivity index is 1.63. The molecule has 0 aromatic heterocycles. The minimum absolute atomic E-state index is 0.0993. The molecular formula is C22H27N3O5S2. The molecule has 1 aliphatic rings. The number of ether oxygens (including phenoxy) is 2. The maximum absolute atomic E-state index is 12.9. The number of carbonyl (C=O) groups is 1. The molecule has 0 atom stereocenters. The summed E-state index contributed by atoms with van der Waals surface area (Å²) < 4.78 is 34.0. The summed E-state index contributed by atoms with van der Waals surface area (Å²) in [6, 6.07) is 12.0. The molecule has 2 aromatic rings. The van der Waals surface area contributed by atoms with E-state index in [4.69, 9.17) is 21.7 Å². The first-order chi connectivity index (χ1) is 15.2. The van der Waals surface area contributed by atoms with Gasteiger partial charge in [0, 0.05) is 31.5 Å². The molecule has 172 valence electrons. The van der Waals surface area contributed by atoms with Gasteiger partial charge in [0.2, 0.25) is 5.91 Å². The van der Waals surface area contributed by atoms with Gasteiger partial charge in [0.05, 0.1) is 25.5 Å². The molecule has 2 aromatic carbocycles. The molecule has 0 saturated carbocycles. The lowest BCUT2D eigenvalue weighted by Gasteiger charge is -2.30. The van der Waals surface area contributed by atoms with Gasteiger partial charge < -0.3 is 14.8 Å². The quantitative estimate of drug-likeness (QED) is 0.607. The van der Waals surface area contributed by atoms with Crippen molar-refractivity contribution in [2.75, 3.05) is 33.6 Å². The third-order valence-electron chi connectivity index (χ3n) is 5.17. The van der Waals surface area contributed by atoms with Crippen LogP contribution >= 0.6 is 12.2 Å². The standard InChI is InChI=1S/C22H27N3O5S2/c1-29-19-7-4-6-17(21(19)30-2)15-23-22(31)25-13-5-12-24(25)20(26)14-16-8-10-18(11-9-16)32(3,27)28/h4,6-11H,5,12-15H2,1-3H3,(H,23,31). The average molecular weight is 478 g/mol. The van der Waals surface area contributed by atoms with E-state index in [0.29, 0.717) is 36.2 Å². The monoisotopic (exact) mass is 477 g/mol. The van der Waals surface area contributed by atoms with Crippen molar-refractivity contribution in [1.29, 1.82) is 0 Å². The van der Waals surface area contributed by atoms with Crippen LogP contribution in [0.4, 0.5) is 0 Å². The molecule has 1 aliphatic heterocycles. The highest BCUT2D eigenvalue weighted by Gasteiger charge is 2.28. The first kappa shape index (κ1) is 23.8. The third-order valence-corrected chi connectivity index (χ3v) is 6.66. The highest BCUT2D eigenvalue weighted by Crippen LogP contribution is 2.30. The van der Waals surface area contributed by atoms with Crippen LogP contribution in [0.1, 0.15) is 17.5 Å². The zero-order chi connectivity index (χ0) is 23.3. The second-order valence-corrected chi connectivity index (χ2v) is 9.80. The first-order valence-corrected chi connectivity index (χ1v) is 12.4. The van der Waals surface area contributed by atoms with Gasteiger partial charge in [0.25, 0.3) is 0 Å². The minimum Gasteiger partial charge on any atom is -0.493 e. The maximum Gasteiger partial charge on any atom is 0.245 e. The van der Waals surface area contributed by atoms with Gasteiger partial charge in [-0.3, -0.25) is 14.8 Å². The van der Waals surface area contributed by atoms with E-state index in [-0.39, 0.29) is 17.2 Å². The molecule has 32 heavy (non-hydrogen) atoms. The molecule has 0 bridgehead atoms. The van der Waals surface area contributed by atoms with Gasteiger partial charge in [-0.05, 0) is 42.4 Å². The van der Waals surface area contributed by atoms with Crippen molar-refractivity contribution in [3.05, 3.63) is 53.6 Å². The van der Waals surface area contributed by atoms with Crippen LogP contribution in [-0.4, -0.2) is 63.0 Å². The molecule has 1 fully saturated rings. The molecule has 1 N–H and O–H groups in total. The van der Waals surface area contributed by atoms with E-state index in [2.05, 4.69) is 5.32 Å². The van der Waals surface area contributed by atoms with Crippen LogP contribution in [-0.2, 0) is 27.6 Å². The Morgan fingerprint density at radius 1 is 1.06 bits per heavy atom. The largest absolute Gasteiger partial charge is 0.493 e. The smallest absolute Gasteiger partial charge is 0.245 e. The number of rotatable bonds is 7. The fourth-order valence-electron chi connectivity index (χ4n) is 3.56. The molecule has 0 unspecified atom stereocenters. The van der Waals surface area contributed by atoms with Crippen molar-refractivity contribution in [1.82, 2.24) is 15.3 Å². The average Bonchev–Trinajstić information content (AvgIpc) is 3.27. The van der Waals surface area contributed by atoms with Crippen LogP contribution < -0.4 is 14.8 Å². The second kappa shape index (κ2) is 10.2. The topological polar surface area (TPSA) is 88.2 Å². The zero-order valence-corrected chi connectivity index (χ0v) is 20.0. The highest BCUT2D eigenvalue weighted by molar-refractivity contribution is 7.90. The second-order valence-electron chi connectivity index (χ2n) is 7.40. The Bertz CT molecular complexity index is 1090. The summed E-state index contributed by atoms with van der Waals surface area (Å²) in [5.74, 6) is 1.17. The minimum atomic E-state index is -3.27. The number of benzene rings is 2. The van der Waals surface area contributed by atoms with Gasteiger partial charge in [0.15, 0.2) is 26.4 Å². The zero-order valence-electron chi connectivity index (χ0n) is 18.3. The summed E-state index contributed by atoms with van der Waals surface area (Å²) in [5.41, 5.74) is 1.63. The van der Waals surface area contributed by atoms with E-state index in [9.17, 15) is 13.2 Å². The number of hydrogen-bond donors (Lipinski definition) is 1. The van der Waals surface area contributed by atoms with Gasteiger partial charge in [-0.2, -0.15) is 0 Å². The molecule has 3 rings (SSSR count). The lowest BCUT2D eigenvalue weighted by Crippen LogP contribution is -2.49. The number of hydrazine groups is 1. The van der Waals surface area contributed by atoms with Crippen LogP contribution in [0.25, 0.3) is 0 Å². The van der Waals surface area contributed by atoms with Gasteiger partial charge in [-0.25, -0.2) is 8.42 Å². The van der Waals surface area contributed by atoms with Gasteiger partial charge in [-0.15, -0.1) is 0 Å². The molecule has 10 heteroatoms. The van der Waals surface area contributed by atoms with Crippen LogP contribution in [0, 0.1) is 0 Å². The predicted molar refractivity (Wildman–Crippen MR) is 125 cm³/mol. The number of hydrogen-bond acceptors (Lipinski definition) is 6. The Morgan fingerprint density at radius 2 is 1.75 bits per heavy atom. The van der Waals surface area contributed by atoms with E-state index >= 15 is 0 Å². The Hall–Kier alpha value is -2.85. The molecule has 1 heterocycles. The summed E-state index contributed by atoms with van der Waals surface area (Å²) in [6.07, 6.45) is 2.13. The number of amides is 1. The first-order valence-electron chi connectivity index (χ1n) is 10.1. The van der Waals surface area contributed by atoms with Gasteiger partial charge in [-0.1, -0.05) is 24.3 Å². The Morgan fingerprint density at radius 3 is 2.38 bits per heavy atom. The van der Waals surface area contributed by atoms with Crippen LogP contribution in [0.3, 0.4) is 0 Å². The van der Waals surface area contributed by atoms with Crippen LogP contribution in [0.2, 0.25) is 0 Å². The third kappa shape index (κ3) is 5.49. The number of methoxy groups -OCH3 is 2. The van der Waals surface area contributed by atoms with E-state index in [1.807, 2.05) is 18.2 Å². The van der Waals surface area contributed by atoms with Crippen molar-refractivity contribution in [3.63, 3.8) is 0 Å². The number of nitrogens with zero attached hydrogens (tertiary/aromatic N) is 2. The number of carbonyl (C=O) groups excluding carboxylic acids is 1. The molecule has 0 radical (unpaired) electrons. The van der Waals surface area contributed by atoms with Crippen molar-refractivity contribution in [3.8, 4) is 11.5 Å². The van der Waals surface area contributed by atoms with Gasteiger partial charge in [0.1, 0.15) is 0 Å². The van der Waals surface area contributed by atoms with Crippen LogP contribution in [0.15, 0.2) is 47.4 Å². The van der Waals surface area contributed by atoms with Gasteiger partial charge >= 0.3 is 0 Å². The Labute approximate surface area is 194 Å². The van der Waals surface area contributed by atoms with E-state index < -0.39 is 9.84 Å². The molecule has 8 nitrogen and oxygen atoms in total. The van der Waals surface area contributed by atoms with Crippen molar-refractivity contribution < 1.29 is 22.7 Å². The van der Waals surface area contributed by atoms with E-state index in [0.717, 1.165) is 23.8 Å². The SMILES string of the molecule is COc1cccc(CNC(=S)N2CCCN2C(=O)Cc2ccc(S(C)(=O)=O)cc2)c1OC. The normalized spacial score (nSPS) is 13.7. The van der Waals surface area contributed by atoms with E-state index in [1.165, 1.54) is 12.1 Å². The van der Waals surface area contributed by atoms with Crippen molar-refractivity contribution in [2.45, 2.75) is 24.3 Å². The fourth-order valence-corrected chi connectivity index (χ4v) is 4.45. The lowest BCUT2D eigenvalue weighted by molar-refractivity contribution is -0.138. The molecule has 1 saturated heterocycles. The summed E-state index contributed by atoms with van der Waals surface area (Å²) in [7, 11) is -0.0965. The van der Waals surface area contributed by atoms with Crippen molar-refractivity contribution in [2.24, 2.45) is 0 Å². The molecular weight excluding hydrogens is 450 g/mol. The lowest BCUT2D eigenvalue weighted by atomic mass is 10.1. The predicted octanol–water partition coefficient (Wildman–Crippen LogP) is 2.17. The number of sulfone groups is 1. The summed E-state index contributed by atoms with van der Waals surface area (Å²) in [4.78, 5) is 13.1. The van der Waals surface area contributed by atoms with Crippen molar-refractivity contribution >= 4 is 33.1 Å². The fraction of sp³-hybridized carbons (Fsp3) is 0.364.